The molecule has 0 aliphatic rings. The third-order valence-electron chi connectivity index (χ3n) is 1.78. The Balaban J connectivity index is 3.00. The Kier molecular flexibility index (Phi) is 4.24. The van der Waals surface area contributed by atoms with E-state index >= 15 is 0 Å². The van der Waals surface area contributed by atoms with Crippen molar-refractivity contribution in [2.24, 2.45) is 16.5 Å². The zero-order chi connectivity index (χ0) is 12.1. The van der Waals surface area contributed by atoms with Crippen LogP contribution in [-0.2, 0) is 4.79 Å². The van der Waals surface area contributed by atoms with E-state index in [2.05, 4.69) is 25.9 Å². The molecule has 0 aliphatic carbocycles. The number of guanidine groups is 1. The van der Waals surface area contributed by atoms with Gasteiger partial charge in [0, 0.05) is 16.9 Å². The van der Waals surface area contributed by atoms with Gasteiger partial charge in [-0.3, -0.25) is 9.78 Å². The smallest absolute Gasteiger partial charge is 0.305 e. The fourth-order valence-corrected chi connectivity index (χ4v) is 1.58. The summed E-state index contributed by atoms with van der Waals surface area (Å²) in [4.78, 5) is 18.5. The molecule has 1 unspecified atom stereocenters. The van der Waals surface area contributed by atoms with Gasteiger partial charge in [-0.2, -0.15) is 0 Å². The highest BCUT2D eigenvalue weighted by Crippen LogP contribution is 2.22. The van der Waals surface area contributed by atoms with Crippen LogP contribution in [0.1, 0.15) is 18.0 Å². The van der Waals surface area contributed by atoms with Crippen LogP contribution in [0.15, 0.2) is 27.9 Å². The molecule has 1 rings (SSSR count). The molecular weight excluding hydrogens is 276 g/mol. The Labute approximate surface area is 101 Å². The molecule has 5 N–H and O–H groups in total. The first-order valence-electron chi connectivity index (χ1n) is 4.40. The van der Waals surface area contributed by atoms with Gasteiger partial charge < -0.3 is 16.6 Å². The van der Waals surface area contributed by atoms with Crippen molar-refractivity contribution in [2.75, 3.05) is 0 Å². The van der Waals surface area contributed by atoms with Gasteiger partial charge in [0.05, 0.1) is 12.5 Å². The second-order valence-corrected chi connectivity index (χ2v) is 4.02. The molecule has 0 saturated heterocycles. The van der Waals surface area contributed by atoms with Gasteiger partial charge in [0.1, 0.15) is 0 Å². The second kappa shape index (κ2) is 5.45. The highest BCUT2D eigenvalue weighted by Gasteiger charge is 2.15. The Bertz CT molecular complexity index is 418. The number of aliphatic imine (C=N–C) groups is 1. The fraction of sp³-hybridized carbons (Fsp3) is 0.222. The van der Waals surface area contributed by atoms with Crippen molar-refractivity contribution in [3.63, 3.8) is 0 Å². The summed E-state index contributed by atoms with van der Waals surface area (Å²) in [5, 5.41) is 8.74. The van der Waals surface area contributed by atoms with E-state index in [9.17, 15) is 4.79 Å². The van der Waals surface area contributed by atoms with Crippen LogP contribution in [0.25, 0.3) is 0 Å². The van der Waals surface area contributed by atoms with Gasteiger partial charge in [-0.25, -0.2) is 4.99 Å². The van der Waals surface area contributed by atoms with Crippen LogP contribution in [0.3, 0.4) is 0 Å². The van der Waals surface area contributed by atoms with E-state index in [4.69, 9.17) is 16.6 Å². The summed E-state index contributed by atoms with van der Waals surface area (Å²) in [5.74, 6) is -1.12. The van der Waals surface area contributed by atoms with Gasteiger partial charge in [0.25, 0.3) is 0 Å². The van der Waals surface area contributed by atoms with E-state index in [1.165, 1.54) is 6.20 Å². The van der Waals surface area contributed by atoms with E-state index in [-0.39, 0.29) is 12.4 Å². The predicted octanol–water partition coefficient (Wildman–Crippen LogP) is 0.633. The normalized spacial score (nSPS) is 11.8. The zero-order valence-corrected chi connectivity index (χ0v) is 9.89. The summed E-state index contributed by atoms with van der Waals surface area (Å²) < 4.78 is 0.742. The Morgan fingerprint density at radius 2 is 2.25 bits per heavy atom. The number of aliphatic carboxylic acids is 1. The third kappa shape index (κ3) is 3.85. The Hall–Kier alpha value is -1.63. The number of nitrogens with two attached hydrogens (primary N) is 2. The number of hydrogen-bond donors (Lipinski definition) is 3. The van der Waals surface area contributed by atoms with Crippen LogP contribution in [0.4, 0.5) is 0 Å². The maximum atomic E-state index is 10.7. The summed E-state index contributed by atoms with van der Waals surface area (Å²) >= 11 is 3.24. The van der Waals surface area contributed by atoms with Crippen molar-refractivity contribution in [2.45, 2.75) is 12.5 Å². The van der Waals surface area contributed by atoms with E-state index in [1.807, 2.05) is 0 Å². The van der Waals surface area contributed by atoms with Crippen LogP contribution in [0, 0.1) is 0 Å². The molecule has 16 heavy (non-hydrogen) atoms. The number of halogens is 1. The summed E-state index contributed by atoms with van der Waals surface area (Å²) in [5.41, 5.74) is 11.1. The monoisotopic (exact) mass is 286 g/mol. The molecule has 1 aromatic rings. The molecule has 1 atom stereocenters. The minimum Gasteiger partial charge on any atom is -0.481 e. The lowest BCUT2D eigenvalue weighted by Crippen LogP contribution is -2.24. The van der Waals surface area contributed by atoms with E-state index in [0.29, 0.717) is 5.56 Å². The Morgan fingerprint density at radius 1 is 1.56 bits per heavy atom. The number of aromatic nitrogens is 1. The zero-order valence-electron chi connectivity index (χ0n) is 8.30. The number of carbonyl (C=O) groups is 1. The topological polar surface area (TPSA) is 115 Å². The summed E-state index contributed by atoms with van der Waals surface area (Å²) in [6, 6.07) is 1.11. The molecule has 0 amide bonds. The molecule has 1 heterocycles. The van der Waals surface area contributed by atoms with Crippen LogP contribution >= 0.6 is 15.9 Å². The summed E-state index contributed by atoms with van der Waals surface area (Å²) in [6.45, 7) is 0. The molecule has 0 bridgehead atoms. The van der Waals surface area contributed by atoms with Gasteiger partial charge in [-0.15, -0.1) is 0 Å². The molecule has 0 aliphatic heterocycles. The van der Waals surface area contributed by atoms with Crippen LogP contribution in [-0.4, -0.2) is 22.0 Å². The van der Waals surface area contributed by atoms with Crippen molar-refractivity contribution < 1.29 is 9.90 Å². The van der Waals surface area contributed by atoms with Crippen molar-refractivity contribution in [1.82, 2.24) is 4.98 Å². The average molecular weight is 287 g/mol. The van der Waals surface area contributed by atoms with Gasteiger partial charge >= 0.3 is 5.97 Å². The van der Waals surface area contributed by atoms with Gasteiger partial charge in [0.2, 0.25) is 0 Å². The molecule has 0 saturated carbocycles. The first kappa shape index (κ1) is 12.4. The van der Waals surface area contributed by atoms with E-state index < -0.39 is 12.0 Å². The molecule has 0 spiro atoms. The van der Waals surface area contributed by atoms with Gasteiger partial charge in [-0.1, -0.05) is 0 Å². The second-order valence-electron chi connectivity index (χ2n) is 3.10. The summed E-state index contributed by atoms with van der Waals surface area (Å²) in [6.07, 6.45) is 2.94. The van der Waals surface area contributed by atoms with Crippen molar-refractivity contribution in [1.29, 1.82) is 0 Å². The fourth-order valence-electron chi connectivity index (χ4n) is 1.19. The molecule has 0 radical (unpaired) electrons. The molecule has 86 valence electrons. The average Bonchev–Trinajstić information content (AvgIpc) is 2.15. The lowest BCUT2D eigenvalue weighted by Gasteiger charge is -2.10. The van der Waals surface area contributed by atoms with Crippen LogP contribution < -0.4 is 11.5 Å². The van der Waals surface area contributed by atoms with Crippen LogP contribution in [0.2, 0.25) is 0 Å². The number of carboxylic acid groups (broad SMARTS) is 1. The lowest BCUT2D eigenvalue weighted by molar-refractivity contribution is -0.137. The number of rotatable bonds is 4. The lowest BCUT2D eigenvalue weighted by atomic mass is 10.1. The molecule has 6 nitrogen and oxygen atoms in total. The minimum absolute atomic E-state index is 0.147. The van der Waals surface area contributed by atoms with Crippen molar-refractivity contribution >= 4 is 27.9 Å². The van der Waals surface area contributed by atoms with Crippen molar-refractivity contribution in [3.8, 4) is 0 Å². The molecule has 1 aromatic heterocycles. The first-order valence-corrected chi connectivity index (χ1v) is 5.19. The molecule has 0 fully saturated rings. The minimum atomic E-state index is -0.977. The predicted molar refractivity (Wildman–Crippen MR) is 62.7 cm³/mol. The summed E-state index contributed by atoms with van der Waals surface area (Å²) in [7, 11) is 0. The largest absolute Gasteiger partial charge is 0.481 e. The van der Waals surface area contributed by atoms with Gasteiger partial charge in [-0.05, 0) is 27.6 Å². The number of carboxylic acids is 1. The number of nitrogens with zero attached hydrogens (tertiary/aromatic N) is 2. The maximum Gasteiger partial charge on any atom is 0.305 e. The highest BCUT2D eigenvalue weighted by molar-refractivity contribution is 9.10. The highest BCUT2D eigenvalue weighted by atomic mass is 79.9. The first-order chi connectivity index (χ1) is 7.49. The molecule has 0 aromatic carbocycles. The van der Waals surface area contributed by atoms with Crippen molar-refractivity contribution in [3.05, 3.63) is 28.5 Å². The number of hydrogen-bond acceptors (Lipinski definition) is 3. The number of pyridine rings is 1. The van der Waals surface area contributed by atoms with E-state index in [1.54, 1.807) is 12.3 Å². The van der Waals surface area contributed by atoms with E-state index in [0.717, 1.165) is 4.47 Å². The maximum absolute atomic E-state index is 10.7. The molecular formula is C9H11BrN4O2. The SMILES string of the molecule is NC(N)=NC(CC(=O)O)c1cncc(Br)c1. The quantitative estimate of drug-likeness (QED) is 0.555. The van der Waals surface area contributed by atoms with Crippen LogP contribution in [0.5, 0.6) is 0 Å². The van der Waals surface area contributed by atoms with Gasteiger partial charge in [0.15, 0.2) is 5.96 Å². The molecule has 7 heteroatoms. The third-order valence-corrected chi connectivity index (χ3v) is 2.22. The Morgan fingerprint density at radius 3 is 2.75 bits per heavy atom. The standard InChI is InChI=1S/C9H11BrN4O2/c10-6-1-5(3-13-4-6)7(2-8(15)16)14-9(11)12/h1,3-4,7H,2H2,(H,15,16)(H4,11,12,14).